The molecule has 0 spiro atoms. The van der Waals surface area contributed by atoms with Crippen LogP contribution in [-0.4, -0.2) is 22.7 Å². The first kappa shape index (κ1) is 17.0. The second kappa shape index (κ2) is 7.81. The maximum Gasteiger partial charge on any atom is 0.258 e. The third-order valence-electron chi connectivity index (χ3n) is 3.40. The Kier molecular flexibility index (Phi) is 5.30. The summed E-state index contributed by atoms with van der Waals surface area (Å²) in [4.78, 5) is 16.1. The first-order chi connectivity index (χ1) is 12.1. The lowest BCUT2D eigenvalue weighted by Gasteiger charge is -2.05. The minimum Gasteiger partial charge on any atom is -0.484 e. The Hall–Kier alpha value is -2.86. The van der Waals surface area contributed by atoms with Crippen molar-refractivity contribution in [1.82, 2.24) is 15.5 Å². The molecule has 7 heteroatoms. The fourth-order valence-corrected chi connectivity index (χ4v) is 2.18. The number of hydrogen-bond acceptors (Lipinski definition) is 5. The number of benzene rings is 2. The highest BCUT2D eigenvalue weighted by atomic mass is 35.5. The second-order valence-corrected chi connectivity index (χ2v) is 5.83. The molecule has 0 aliphatic heterocycles. The summed E-state index contributed by atoms with van der Waals surface area (Å²) in [5, 5.41) is 7.19. The summed E-state index contributed by atoms with van der Waals surface area (Å²) in [6, 6.07) is 14.6. The average molecular weight is 358 g/mol. The van der Waals surface area contributed by atoms with Crippen molar-refractivity contribution in [2.24, 2.45) is 0 Å². The fourth-order valence-electron chi connectivity index (χ4n) is 2.05. The van der Waals surface area contributed by atoms with E-state index >= 15 is 0 Å². The molecule has 128 valence electrons. The fraction of sp³-hybridized carbons (Fsp3) is 0.167. The van der Waals surface area contributed by atoms with Gasteiger partial charge in [-0.1, -0.05) is 46.6 Å². The van der Waals surface area contributed by atoms with Gasteiger partial charge in [0, 0.05) is 10.6 Å². The maximum absolute atomic E-state index is 11.8. The van der Waals surface area contributed by atoms with E-state index < -0.39 is 0 Å². The lowest BCUT2D eigenvalue weighted by molar-refractivity contribution is -0.123. The lowest BCUT2D eigenvalue weighted by Crippen LogP contribution is -2.28. The SMILES string of the molecule is Cc1ccc(-c2noc(CNC(=O)COc3ccc(Cl)cc3)n2)cc1. The monoisotopic (exact) mass is 357 g/mol. The topological polar surface area (TPSA) is 77.2 Å². The van der Waals surface area contributed by atoms with Crippen LogP contribution in [0.5, 0.6) is 5.75 Å². The van der Waals surface area contributed by atoms with Gasteiger partial charge >= 0.3 is 0 Å². The third-order valence-corrected chi connectivity index (χ3v) is 3.65. The van der Waals surface area contributed by atoms with Crippen LogP contribution in [0.15, 0.2) is 53.1 Å². The molecule has 1 aromatic heterocycles. The van der Waals surface area contributed by atoms with E-state index in [0.29, 0.717) is 22.5 Å². The van der Waals surface area contributed by atoms with Crippen molar-refractivity contribution >= 4 is 17.5 Å². The number of hydrogen-bond donors (Lipinski definition) is 1. The molecular weight excluding hydrogens is 342 g/mol. The Morgan fingerprint density at radius 1 is 1.16 bits per heavy atom. The number of carbonyl (C=O) groups excluding carboxylic acids is 1. The van der Waals surface area contributed by atoms with Gasteiger partial charge in [-0.3, -0.25) is 4.79 Å². The number of nitrogens with one attached hydrogen (secondary N) is 1. The zero-order valence-corrected chi connectivity index (χ0v) is 14.3. The van der Waals surface area contributed by atoms with Crippen molar-refractivity contribution in [3.8, 4) is 17.1 Å². The zero-order valence-electron chi connectivity index (χ0n) is 13.5. The van der Waals surface area contributed by atoms with Gasteiger partial charge in [0.05, 0.1) is 6.54 Å². The predicted octanol–water partition coefficient (Wildman–Crippen LogP) is 3.39. The van der Waals surface area contributed by atoms with Crippen LogP contribution in [0.2, 0.25) is 5.02 Å². The van der Waals surface area contributed by atoms with Crippen LogP contribution in [0.1, 0.15) is 11.5 Å². The Labute approximate surface area is 149 Å². The normalized spacial score (nSPS) is 10.5. The van der Waals surface area contributed by atoms with Gasteiger partial charge in [-0.25, -0.2) is 0 Å². The quantitative estimate of drug-likeness (QED) is 0.731. The molecule has 0 radical (unpaired) electrons. The van der Waals surface area contributed by atoms with E-state index in [2.05, 4.69) is 15.5 Å². The van der Waals surface area contributed by atoms with Crippen LogP contribution < -0.4 is 10.1 Å². The van der Waals surface area contributed by atoms with Crippen LogP contribution in [0, 0.1) is 6.92 Å². The Morgan fingerprint density at radius 2 is 1.88 bits per heavy atom. The van der Waals surface area contributed by atoms with Crippen molar-refractivity contribution in [3.63, 3.8) is 0 Å². The van der Waals surface area contributed by atoms with E-state index in [0.717, 1.165) is 11.1 Å². The van der Waals surface area contributed by atoms with E-state index in [4.69, 9.17) is 20.9 Å². The number of ether oxygens (including phenoxy) is 1. The van der Waals surface area contributed by atoms with Crippen molar-refractivity contribution < 1.29 is 14.1 Å². The Balaban J connectivity index is 1.49. The number of amides is 1. The lowest BCUT2D eigenvalue weighted by atomic mass is 10.1. The van der Waals surface area contributed by atoms with E-state index in [1.54, 1.807) is 24.3 Å². The molecule has 0 saturated carbocycles. The number of halogens is 1. The molecule has 1 heterocycles. The van der Waals surface area contributed by atoms with Gasteiger partial charge < -0.3 is 14.6 Å². The number of rotatable bonds is 6. The van der Waals surface area contributed by atoms with Crippen molar-refractivity contribution in [2.75, 3.05) is 6.61 Å². The molecular formula is C18H16ClN3O3. The summed E-state index contributed by atoms with van der Waals surface area (Å²) in [6.45, 7) is 2.04. The zero-order chi connectivity index (χ0) is 17.6. The first-order valence-electron chi connectivity index (χ1n) is 7.65. The molecule has 0 atom stereocenters. The van der Waals surface area contributed by atoms with Crippen LogP contribution >= 0.6 is 11.6 Å². The first-order valence-corrected chi connectivity index (χ1v) is 8.02. The molecule has 2 aromatic carbocycles. The van der Waals surface area contributed by atoms with Crippen molar-refractivity contribution in [2.45, 2.75) is 13.5 Å². The van der Waals surface area contributed by atoms with E-state index in [9.17, 15) is 4.79 Å². The predicted molar refractivity (Wildman–Crippen MR) is 93.3 cm³/mol. The third kappa shape index (κ3) is 4.81. The smallest absolute Gasteiger partial charge is 0.258 e. The highest BCUT2D eigenvalue weighted by molar-refractivity contribution is 6.30. The minimum absolute atomic E-state index is 0.111. The molecule has 0 fully saturated rings. The molecule has 1 N–H and O–H groups in total. The number of nitrogens with zero attached hydrogens (tertiary/aromatic N) is 2. The molecule has 0 aliphatic carbocycles. The molecule has 0 unspecified atom stereocenters. The number of carbonyl (C=O) groups is 1. The Morgan fingerprint density at radius 3 is 2.60 bits per heavy atom. The standard InChI is InChI=1S/C18H16ClN3O3/c1-12-2-4-13(5-3-12)18-21-17(25-22-18)10-20-16(23)11-24-15-8-6-14(19)7-9-15/h2-9H,10-11H2,1H3,(H,20,23). The molecule has 6 nitrogen and oxygen atoms in total. The molecule has 0 saturated heterocycles. The van der Waals surface area contributed by atoms with Crippen LogP contribution in [-0.2, 0) is 11.3 Å². The van der Waals surface area contributed by atoms with Crippen LogP contribution in [0.25, 0.3) is 11.4 Å². The summed E-state index contributed by atoms with van der Waals surface area (Å²) >= 11 is 5.79. The van der Waals surface area contributed by atoms with Gasteiger partial charge in [0.2, 0.25) is 11.7 Å². The van der Waals surface area contributed by atoms with E-state index in [-0.39, 0.29) is 19.1 Å². The highest BCUT2D eigenvalue weighted by Crippen LogP contribution is 2.16. The van der Waals surface area contributed by atoms with Gasteiger partial charge in [0.15, 0.2) is 6.61 Å². The average Bonchev–Trinajstić information content (AvgIpc) is 3.09. The van der Waals surface area contributed by atoms with E-state index in [1.165, 1.54) is 0 Å². The van der Waals surface area contributed by atoms with Gasteiger partial charge in [0.1, 0.15) is 5.75 Å². The van der Waals surface area contributed by atoms with Gasteiger partial charge in [-0.05, 0) is 31.2 Å². The summed E-state index contributed by atoms with van der Waals surface area (Å²) in [5.41, 5.74) is 2.01. The molecule has 0 aliphatic rings. The largest absolute Gasteiger partial charge is 0.484 e. The molecule has 0 bridgehead atoms. The molecule has 3 aromatic rings. The summed E-state index contributed by atoms with van der Waals surface area (Å²) in [6.07, 6.45) is 0. The minimum atomic E-state index is -0.287. The Bertz CT molecular complexity index is 845. The number of aryl methyl sites for hydroxylation is 1. The van der Waals surface area contributed by atoms with E-state index in [1.807, 2.05) is 31.2 Å². The van der Waals surface area contributed by atoms with Gasteiger partial charge in [0.25, 0.3) is 5.91 Å². The van der Waals surface area contributed by atoms with Crippen molar-refractivity contribution in [3.05, 3.63) is 65.0 Å². The summed E-state index contributed by atoms with van der Waals surface area (Å²) < 4.78 is 10.5. The van der Waals surface area contributed by atoms with Gasteiger partial charge in [-0.2, -0.15) is 4.98 Å². The molecule has 3 rings (SSSR count). The van der Waals surface area contributed by atoms with Crippen molar-refractivity contribution in [1.29, 1.82) is 0 Å². The molecule has 25 heavy (non-hydrogen) atoms. The van der Waals surface area contributed by atoms with Gasteiger partial charge in [-0.15, -0.1) is 0 Å². The second-order valence-electron chi connectivity index (χ2n) is 5.40. The highest BCUT2D eigenvalue weighted by Gasteiger charge is 2.10. The van der Waals surface area contributed by atoms with Crippen LogP contribution in [0.4, 0.5) is 0 Å². The number of aromatic nitrogens is 2. The summed E-state index contributed by atoms with van der Waals surface area (Å²) in [7, 11) is 0. The van der Waals surface area contributed by atoms with Crippen LogP contribution in [0.3, 0.4) is 0 Å². The molecule has 1 amide bonds. The summed E-state index contributed by atoms with van der Waals surface area (Å²) in [5.74, 6) is 1.10. The maximum atomic E-state index is 11.8.